The third kappa shape index (κ3) is 4.22. The molecule has 2 aromatic carbocycles. The molecule has 36 heavy (non-hydrogen) atoms. The fourth-order valence-corrected chi connectivity index (χ4v) is 4.37. The van der Waals surface area contributed by atoms with E-state index in [-0.39, 0.29) is 27.4 Å². The Morgan fingerprint density at radius 1 is 1.06 bits per heavy atom. The number of aromatic amines is 1. The molecule has 3 heterocycles. The molecule has 178 valence electrons. The minimum Gasteiger partial charge on any atom is -0.454 e. The molecule has 1 aliphatic rings. The number of aromatic nitrogens is 4. The van der Waals surface area contributed by atoms with Crippen LogP contribution in [0.4, 0.5) is 5.69 Å². The molecule has 0 saturated heterocycles. The van der Waals surface area contributed by atoms with Crippen molar-refractivity contribution in [3.8, 4) is 23.3 Å². The molecule has 0 aliphatic carbocycles. The Morgan fingerprint density at radius 2 is 1.83 bits per heavy atom. The summed E-state index contributed by atoms with van der Waals surface area (Å²) in [6.45, 7) is 0.489. The van der Waals surface area contributed by atoms with Gasteiger partial charge in [-0.15, -0.1) is 5.10 Å². The summed E-state index contributed by atoms with van der Waals surface area (Å²) in [6, 6.07) is 13.0. The number of benzene rings is 2. The highest BCUT2D eigenvalue weighted by Crippen LogP contribution is 2.39. The number of carbonyl (C=O) groups excluding carboxylic acids is 1. The molecule has 2 aromatic heterocycles. The van der Waals surface area contributed by atoms with Crippen LogP contribution >= 0.6 is 23.2 Å². The highest BCUT2D eigenvalue weighted by atomic mass is 35.5. The smallest absolute Gasteiger partial charge is 0.349 e. The molecule has 0 unspecified atom stereocenters. The van der Waals surface area contributed by atoms with Crippen molar-refractivity contribution in [2.75, 3.05) is 11.4 Å². The number of amides is 1. The van der Waals surface area contributed by atoms with Crippen molar-refractivity contribution in [2.24, 2.45) is 0 Å². The van der Waals surface area contributed by atoms with Gasteiger partial charge in [0.2, 0.25) is 5.69 Å². The largest absolute Gasteiger partial charge is 0.454 e. The number of hydrogen-bond donors (Lipinski definition) is 1. The van der Waals surface area contributed by atoms with Crippen molar-refractivity contribution in [1.29, 1.82) is 5.26 Å². The van der Waals surface area contributed by atoms with Crippen LogP contribution in [-0.4, -0.2) is 32.2 Å². The number of H-pyrrole nitrogens is 1. The highest BCUT2D eigenvalue weighted by molar-refractivity contribution is 6.37. The van der Waals surface area contributed by atoms with E-state index in [2.05, 4.69) is 10.1 Å². The second-order valence-electron chi connectivity index (χ2n) is 7.71. The molecule has 0 spiro atoms. The summed E-state index contributed by atoms with van der Waals surface area (Å²) < 4.78 is 6.73. The number of nitriles is 1. The van der Waals surface area contributed by atoms with E-state index < -0.39 is 16.9 Å². The van der Waals surface area contributed by atoms with Gasteiger partial charge < -0.3 is 9.64 Å². The molecular weight excluding hydrogens is 507 g/mol. The molecular formula is C24H14Cl2N6O4. The Balaban J connectivity index is 1.43. The van der Waals surface area contributed by atoms with Gasteiger partial charge in [0, 0.05) is 18.3 Å². The maximum Gasteiger partial charge on any atom is 0.349 e. The van der Waals surface area contributed by atoms with Crippen LogP contribution in [0.15, 0.2) is 64.4 Å². The predicted molar refractivity (Wildman–Crippen MR) is 131 cm³/mol. The zero-order valence-electron chi connectivity index (χ0n) is 18.2. The van der Waals surface area contributed by atoms with Crippen LogP contribution in [0.5, 0.6) is 11.5 Å². The number of anilines is 1. The van der Waals surface area contributed by atoms with Crippen molar-refractivity contribution in [2.45, 2.75) is 6.42 Å². The molecule has 4 aromatic rings. The average Bonchev–Trinajstić information content (AvgIpc) is 2.87. The van der Waals surface area contributed by atoms with Gasteiger partial charge in [0.15, 0.2) is 5.75 Å². The molecule has 10 nitrogen and oxygen atoms in total. The first kappa shape index (κ1) is 23.3. The zero-order chi connectivity index (χ0) is 25.4. The van der Waals surface area contributed by atoms with E-state index in [0.29, 0.717) is 24.3 Å². The van der Waals surface area contributed by atoms with Gasteiger partial charge in [0.1, 0.15) is 11.8 Å². The SMILES string of the molecule is N#Cc1nn(-c2cc(Cl)c(Oc3ccc4c(c3)CCN(c3cccnc3)C4=O)c(Cl)c2)c(=O)[nH]c1=O. The Bertz CT molecular complexity index is 1650. The minimum absolute atomic E-state index is 0.0625. The first-order chi connectivity index (χ1) is 17.4. The first-order valence-corrected chi connectivity index (χ1v) is 11.3. The van der Waals surface area contributed by atoms with Crippen molar-refractivity contribution >= 4 is 34.8 Å². The van der Waals surface area contributed by atoms with E-state index in [1.54, 1.807) is 47.6 Å². The van der Waals surface area contributed by atoms with Gasteiger partial charge in [-0.3, -0.25) is 19.6 Å². The number of nitrogens with one attached hydrogen (secondary N) is 1. The number of ether oxygens (including phenoxy) is 1. The third-order valence-electron chi connectivity index (χ3n) is 5.50. The van der Waals surface area contributed by atoms with Gasteiger partial charge in [0.05, 0.1) is 27.6 Å². The minimum atomic E-state index is -0.898. The fraction of sp³-hybridized carbons (Fsp3) is 0.0833. The topological polar surface area (TPSA) is 134 Å². The Labute approximate surface area is 212 Å². The van der Waals surface area contributed by atoms with Crippen molar-refractivity contribution in [1.82, 2.24) is 19.7 Å². The van der Waals surface area contributed by atoms with E-state index in [1.807, 2.05) is 11.1 Å². The van der Waals surface area contributed by atoms with E-state index in [4.69, 9.17) is 33.2 Å². The molecule has 1 N–H and O–H groups in total. The van der Waals surface area contributed by atoms with Gasteiger partial charge >= 0.3 is 5.69 Å². The lowest BCUT2D eigenvalue weighted by Crippen LogP contribution is -2.37. The predicted octanol–water partition coefficient (Wildman–Crippen LogP) is 3.49. The third-order valence-corrected chi connectivity index (χ3v) is 6.06. The van der Waals surface area contributed by atoms with Crippen molar-refractivity contribution in [3.63, 3.8) is 0 Å². The van der Waals surface area contributed by atoms with Crippen LogP contribution in [0.1, 0.15) is 21.6 Å². The van der Waals surface area contributed by atoms with Crippen LogP contribution in [0.2, 0.25) is 10.0 Å². The highest BCUT2D eigenvalue weighted by Gasteiger charge is 2.26. The maximum atomic E-state index is 13.0. The summed E-state index contributed by atoms with van der Waals surface area (Å²) in [5.74, 6) is 0.407. The monoisotopic (exact) mass is 520 g/mol. The number of rotatable bonds is 4. The molecule has 0 atom stereocenters. The molecule has 1 aliphatic heterocycles. The van der Waals surface area contributed by atoms with Crippen molar-refractivity contribution < 1.29 is 9.53 Å². The second kappa shape index (κ2) is 9.30. The summed E-state index contributed by atoms with van der Waals surface area (Å²) in [4.78, 5) is 44.5. The van der Waals surface area contributed by atoms with E-state index in [9.17, 15) is 14.4 Å². The lowest BCUT2D eigenvalue weighted by molar-refractivity contribution is 0.0980. The summed E-state index contributed by atoms with van der Waals surface area (Å²) in [5, 5.41) is 12.9. The molecule has 0 fully saturated rings. The summed E-state index contributed by atoms with van der Waals surface area (Å²) in [7, 11) is 0. The lowest BCUT2D eigenvalue weighted by Gasteiger charge is -2.28. The van der Waals surface area contributed by atoms with Crippen LogP contribution < -0.4 is 20.9 Å². The molecule has 0 bridgehead atoms. The maximum absolute atomic E-state index is 13.0. The average molecular weight is 521 g/mol. The fourth-order valence-electron chi connectivity index (χ4n) is 3.82. The normalized spacial score (nSPS) is 12.7. The quantitative estimate of drug-likeness (QED) is 0.435. The molecule has 1 amide bonds. The molecule has 0 saturated carbocycles. The second-order valence-corrected chi connectivity index (χ2v) is 8.52. The van der Waals surface area contributed by atoms with E-state index >= 15 is 0 Å². The van der Waals surface area contributed by atoms with Gasteiger partial charge in [-0.05, 0) is 54.4 Å². The van der Waals surface area contributed by atoms with Crippen molar-refractivity contribution in [3.05, 3.63) is 103 Å². The van der Waals surface area contributed by atoms with Gasteiger partial charge in [-0.2, -0.15) is 9.94 Å². The van der Waals surface area contributed by atoms with Gasteiger partial charge in [0.25, 0.3) is 11.5 Å². The first-order valence-electron chi connectivity index (χ1n) is 10.5. The summed E-state index contributed by atoms with van der Waals surface area (Å²) in [5.41, 5.74) is -0.0271. The zero-order valence-corrected chi connectivity index (χ0v) is 19.7. The Morgan fingerprint density at radius 3 is 2.53 bits per heavy atom. The van der Waals surface area contributed by atoms with Crippen LogP contribution in [0.3, 0.4) is 0 Å². The standard InChI is InChI=1S/C24H14Cl2N6O4/c25-18-9-15(32-24(35)29-22(33)20(11-27)30-32)10-19(26)21(18)36-16-3-4-17-13(8-16)5-7-31(23(17)34)14-2-1-6-28-12-14/h1-4,6,8-10,12H,5,7H2,(H,29,33,35). The number of hydrogen-bond acceptors (Lipinski definition) is 7. The summed E-state index contributed by atoms with van der Waals surface area (Å²) in [6.07, 6.45) is 3.90. The molecule has 12 heteroatoms. The van der Waals surface area contributed by atoms with Crippen LogP contribution in [-0.2, 0) is 6.42 Å². The molecule has 5 rings (SSSR count). The lowest BCUT2D eigenvalue weighted by atomic mass is 9.98. The number of carbonyl (C=O) groups is 1. The van der Waals surface area contributed by atoms with E-state index in [0.717, 1.165) is 15.9 Å². The molecule has 0 radical (unpaired) electrons. The number of halogens is 2. The van der Waals surface area contributed by atoms with Crippen LogP contribution in [0.25, 0.3) is 5.69 Å². The van der Waals surface area contributed by atoms with Gasteiger partial charge in [-0.25, -0.2) is 4.79 Å². The van der Waals surface area contributed by atoms with E-state index in [1.165, 1.54) is 12.1 Å². The summed E-state index contributed by atoms with van der Waals surface area (Å²) >= 11 is 12.8. The number of fused-ring (bicyclic) bond motifs is 1. The Kier molecular flexibility index (Phi) is 6.01. The van der Waals surface area contributed by atoms with Gasteiger partial charge in [-0.1, -0.05) is 23.2 Å². The van der Waals surface area contributed by atoms with Crippen LogP contribution in [0, 0.1) is 11.3 Å². The Hall–Kier alpha value is -4.46. The number of nitrogens with zero attached hydrogens (tertiary/aromatic N) is 5. The number of pyridine rings is 1.